The van der Waals surface area contributed by atoms with E-state index in [9.17, 15) is 14.0 Å². The van der Waals surface area contributed by atoms with Crippen molar-refractivity contribution < 1.29 is 18.7 Å². The Bertz CT molecular complexity index is 831. The van der Waals surface area contributed by atoms with Crippen molar-refractivity contribution in [3.8, 4) is 0 Å². The summed E-state index contributed by atoms with van der Waals surface area (Å²) in [5.41, 5.74) is 0.738. The molecule has 1 aliphatic rings. The summed E-state index contributed by atoms with van der Waals surface area (Å²) in [6.45, 7) is 2.31. The molecule has 30 heavy (non-hydrogen) atoms. The molecule has 0 aliphatic carbocycles. The minimum atomic E-state index is -0.447. The van der Waals surface area contributed by atoms with Crippen LogP contribution in [-0.4, -0.2) is 60.3 Å². The Hall–Kier alpha value is -2.45. The van der Waals surface area contributed by atoms with Gasteiger partial charge >= 0.3 is 0 Å². The Labute approximate surface area is 180 Å². The predicted octanol–water partition coefficient (Wildman–Crippen LogP) is 2.54. The summed E-state index contributed by atoms with van der Waals surface area (Å²) >= 11 is 1.51. The number of carbonyl (C=O) groups is 2. The van der Waals surface area contributed by atoms with Gasteiger partial charge in [-0.1, -0.05) is 18.2 Å². The van der Waals surface area contributed by atoms with E-state index in [1.54, 1.807) is 23.2 Å². The molecule has 160 valence electrons. The maximum absolute atomic E-state index is 13.6. The van der Waals surface area contributed by atoms with Gasteiger partial charge in [0.2, 0.25) is 11.8 Å². The summed E-state index contributed by atoms with van der Waals surface area (Å²) < 4.78 is 18.9. The normalized spacial score (nSPS) is 14.9. The first-order valence-electron chi connectivity index (χ1n) is 10.0. The van der Waals surface area contributed by atoms with Crippen LogP contribution < -0.4 is 5.32 Å². The smallest absolute Gasteiger partial charge is 0.227 e. The van der Waals surface area contributed by atoms with Crippen molar-refractivity contribution in [2.45, 2.75) is 17.9 Å². The average molecular weight is 432 g/mol. The second-order valence-electron chi connectivity index (χ2n) is 7.04. The molecule has 1 saturated heterocycles. The Balaban J connectivity index is 1.54. The lowest BCUT2D eigenvalue weighted by Gasteiger charge is -2.30. The highest BCUT2D eigenvalue weighted by molar-refractivity contribution is 7.99. The van der Waals surface area contributed by atoms with Crippen LogP contribution >= 0.6 is 11.8 Å². The standard InChI is InChI=1S/C22H26FN3O3S/c23-19-5-3-4-17(15-19)14-18(22(28)26-9-11-29-12-10-26)16-25-20(27)7-13-30-21-6-1-2-8-24-21/h1-6,8,15,18H,7,9-14,16H2,(H,25,27). The SMILES string of the molecule is O=C(CCSc1ccccn1)NCC(Cc1cccc(F)c1)C(=O)N1CCOCC1. The molecule has 0 bridgehead atoms. The molecule has 6 nitrogen and oxygen atoms in total. The first-order chi connectivity index (χ1) is 14.6. The molecular formula is C22H26FN3O3S. The number of hydrogen-bond acceptors (Lipinski definition) is 5. The van der Waals surface area contributed by atoms with Crippen LogP contribution in [0.2, 0.25) is 0 Å². The molecule has 1 aliphatic heterocycles. The first-order valence-corrected chi connectivity index (χ1v) is 11.0. The molecule has 1 unspecified atom stereocenters. The topological polar surface area (TPSA) is 71.5 Å². The number of nitrogens with zero attached hydrogens (tertiary/aromatic N) is 2. The quantitative estimate of drug-likeness (QED) is 0.618. The van der Waals surface area contributed by atoms with Crippen molar-refractivity contribution in [2.75, 3.05) is 38.6 Å². The second-order valence-corrected chi connectivity index (χ2v) is 8.15. The summed E-state index contributed by atoms with van der Waals surface area (Å²) in [7, 11) is 0. The van der Waals surface area contributed by atoms with Gasteiger partial charge in [-0.2, -0.15) is 0 Å². The summed E-state index contributed by atoms with van der Waals surface area (Å²) in [5, 5.41) is 3.75. The van der Waals surface area contributed by atoms with Gasteiger partial charge in [0.05, 0.1) is 24.2 Å². The van der Waals surface area contributed by atoms with Gasteiger partial charge in [0.1, 0.15) is 5.82 Å². The highest BCUT2D eigenvalue weighted by atomic mass is 32.2. The zero-order chi connectivity index (χ0) is 21.2. The number of benzene rings is 1. The monoisotopic (exact) mass is 431 g/mol. The van der Waals surface area contributed by atoms with Crippen LogP contribution in [0.5, 0.6) is 0 Å². The molecule has 8 heteroatoms. The van der Waals surface area contributed by atoms with E-state index in [0.717, 1.165) is 10.6 Å². The van der Waals surface area contributed by atoms with Crippen LogP contribution in [-0.2, 0) is 20.7 Å². The molecule has 2 amide bonds. The van der Waals surface area contributed by atoms with Gasteiger partial charge < -0.3 is 15.0 Å². The maximum Gasteiger partial charge on any atom is 0.227 e. The Morgan fingerprint density at radius 3 is 2.77 bits per heavy atom. The summed E-state index contributed by atoms with van der Waals surface area (Å²) in [5.74, 6) is -0.324. The van der Waals surface area contributed by atoms with E-state index < -0.39 is 5.92 Å². The number of thioether (sulfide) groups is 1. The summed E-state index contributed by atoms with van der Waals surface area (Å²) in [6.07, 6.45) is 2.42. The van der Waals surface area contributed by atoms with Crippen molar-refractivity contribution in [3.63, 3.8) is 0 Å². The van der Waals surface area contributed by atoms with Crippen LogP contribution in [0.15, 0.2) is 53.7 Å². The lowest BCUT2D eigenvalue weighted by molar-refractivity contribution is -0.139. The van der Waals surface area contributed by atoms with E-state index in [0.29, 0.717) is 44.9 Å². The number of amides is 2. The molecule has 1 aromatic heterocycles. The van der Waals surface area contributed by atoms with Crippen molar-refractivity contribution in [1.82, 2.24) is 15.2 Å². The molecule has 2 aromatic rings. The fraction of sp³-hybridized carbons (Fsp3) is 0.409. The maximum atomic E-state index is 13.6. The van der Waals surface area contributed by atoms with Gasteiger partial charge in [0, 0.05) is 38.0 Å². The fourth-order valence-electron chi connectivity index (χ4n) is 3.24. The van der Waals surface area contributed by atoms with E-state index >= 15 is 0 Å². The van der Waals surface area contributed by atoms with Gasteiger partial charge in [0.25, 0.3) is 0 Å². The number of aromatic nitrogens is 1. The second kappa shape index (κ2) is 11.7. The number of rotatable bonds is 9. The van der Waals surface area contributed by atoms with Crippen LogP contribution in [0.4, 0.5) is 4.39 Å². The molecule has 2 heterocycles. The lowest BCUT2D eigenvalue weighted by atomic mass is 9.97. The third kappa shape index (κ3) is 7.11. The van der Waals surface area contributed by atoms with Gasteiger partial charge in [-0.15, -0.1) is 11.8 Å². The number of carbonyl (C=O) groups excluding carboxylic acids is 2. The van der Waals surface area contributed by atoms with Crippen molar-refractivity contribution in [1.29, 1.82) is 0 Å². The molecule has 0 saturated carbocycles. The van der Waals surface area contributed by atoms with E-state index in [4.69, 9.17) is 4.74 Å². The molecule has 1 N–H and O–H groups in total. The molecular weight excluding hydrogens is 405 g/mol. The number of morpholine rings is 1. The molecule has 0 radical (unpaired) electrons. The summed E-state index contributed by atoms with van der Waals surface area (Å²) in [4.78, 5) is 31.3. The molecule has 1 atom stereocenters. The van der Waals surface area contributed by atoms with Crippen molar-refractivity contribution in [3.05, 3.63) is 60.0 Å². The van der Waals surface area contributed by atoms with E-state index in [1.807, 2.05) is 18.2 Å². The minimum Gasteiger partial charge on any atom is -0.378 e. The third-order valence-corrected chi connectivity index (χ3v) is 5.75. The van der Waals surface area contributed by atoms with Crippen LogP contribution in [0.1, 0.15) is 12.0 Å². The highest BCUT2D eigenvalue weighted by Crippen LogP contribution is 2.16. The number of nitrogens with one attached hydrogen (secondary N) is 1. The van der Waals surface area contributed by atoms with Gasteiger partial charge in [-0.25, -0.2) is 9.37 Å². The number of hydrogen-bond donors (Lipinski definition) is 1. The van der Waals surface area contributed by atoms with Crippen molar-refractivity contribution in [2.24, 2.45) is 5.92 Å². The van der Waals surface area contributed by atoms with E-state index in [-0.39, 0.29) is 24.2 Å². The van der Waals surface area contributed by atoms with Crippen LogP contribution in [0, 0.1) is 11.7 Å². The minimum absolute atomic E-state index is 0.0364. The van der Waals surface area contributed by atoms with Crippen LogP contribution in [0.25, 0.3) is 0 Å². The lowest BCUT2D eigenvalue weighted by Crippen LogP contribution is -2.47. The number of halogens is 1. The Kier molecular flexibility index (Phi) is 8.65. The Morgan fingerprint density at radius 2 is 2.03 bits per heavy atom. The zero-order valence-electron chi connectivity index (χ0n) is 16.8. The molecule has 0 spiro atoms. The third-order valence-electron chi connectivity index (χ3n) is 4.81. The fourth-order valence-corrected chi connectivity index (χ4v) is 4.05. The molecule has 3 rings (SSSR count). The zero-order valence-corrected chi connectivity index (χ0v) is 17.6. The van der Waals surface area contributed by atoms with Crippen molar-refractivity contribution >= 4 is 23.6 Å². The highest BCUT2D eigenvalue weighted by Gasteiger charge is 2.26. The predicted molar refractivity (Wildman–Crippen MR) is 114 cm³/mol. The largest absolute Gasteiger partial charge is 0.378 e. The summed E-state index contributed by atoms with van der Waals surface area (Å²) in [6, 6.07) is 11.9. The molecule has 1 fully saturated rings. The van der Waals surface area contributed by atoms with E-state index in [2.05, 4.69) is 10.3 Å². The van der Waals surface area contributed by atoms with Crippen LogP contribution in [0.3, 0.4) is 0 Å². The van der Waals surface area contributed by atoms with E-state index in [1.165, 1.54) is 23.9 Å². The number of pyridine rings is 1. The average Bonchev–Trinajstić information content (AvgIpc) is 2.77. The number of ether oxygens (including phenoxy) is 1. The van der Waals surface area contributed by atoms with Gasteiger partial charge in [-0.3, -0.25) is 9.59 Å². The Morgan fingerprint density at radius 1 is 1.20 bits per heavy atom. The van der Waals surface area contributed by atoms with Gasteiger partial charge in [0.15, 0.2) is 0 Å². The van der Waals surface area contributed by atoms with Gasteiger partial charge in [-0.05, 0) is 36.2 Å². The molecule has 1 aromatic carbocycles. The first kappa shape index (κ1) is 22.2.